The number of hydrogen-bond donors (Lipinski definition) is 1. The third-order valence-electron chi connectivity index (χ3n) is 2.43. The highest BCUT2D eigenvalue weighted by Gasteiger charge is 2.58. The zero-order valence-electron chi connectivity index (χ0n) is 9.80. The van der Waals surface area contributed by atoms with Gasteiger partial charge in [-0.1, -0.05) is 0 Å². The van der Waals surface area contributed by atoms with Crippen LogP contribution >= 0.6 is 0 Å². The van der Waals surface area contributed by atoms with Crippen molar-refractivity contribution in [3.05, 3.63) is 49.0 Å². The number of nitrogens with zero attached hydrogens (tertiary/aromatic N) is 3. The zero-order chi connectivity index (χ0) is 14.8. The molecule has 0 atom stereocenters. The second-order valence-corrected chi connectivity index (χ2v) is 3.30. The molecule has 0 bridgehead atoms. The van der Waals surface area contributed by atoms with Crippen molar-refractivity contribution in [2.24, 2.45) is 0 Å². The molecule has 0 heterocycles. The van der Waals surface area contributed by atoms with E-state index in [2.05, 4.69) is 0 Å². The number of hydrogen-bond acceptors (Lipinski definition) is 8. The standard InChI is InChI=1S/C8H9N3O8/c1-18-8(19-2)6(10(14)15)3-5(9(12)13)4-7(8)11(16)17/h3-4H,1-2H3,(H,12,13). The summed E-state index contributed by atoms with van der Waals surface area (Å²) in [5, 5.41) is 41.3. The fourth-order valence-electron chi connectivity index (χ4n) is 1.60. The van der Waals surface area contributed by atoms with Gasteiger partial charge in [0.2, 0.25) is 0 Å². The summed E-state index contributed by atoms with van der Waals surface area (Å²) >= 11 is 0. The van der Waals surface area contributed by atoms with Gasteiger partial charge >= 0.3 is 17.2 Å². The quantitative estimate of drug-likeness (QED) is 0.240. The van der Waals surface area contributed by atoms with Crippen molar-refractivity contribution < 1.29 is 29.4 Å². The molecule has 0 radical (unpaired) electrons. The van der Waals surface area contributed by atoms with Gasteiger partial charge in [0.25, 0.3) is 5.71 Å². The van der Waals surface area contributed by atoms with E-state index in [-0.39, 0.29) is 0 Å². The van der Waals surface area contributed by atoms with E-state index in [0.29, 0.717) is 12.2 Å². The average molecular weight is 275 g/mol. The molecule has 11 heteroatoms. The van der Waals surface area contributed by atoms with Gasteiger partial charge in [0.15, 0.2) is 0 Å². The molecule has 0 aromatic rings. The maximum absolute atomic E-state index is 10.9. The summed E-state index contributed by atoms with van der Waals surface area (Å²) in [6, 6.07) is 0. The molecule has 0 aliphatic heterocycles. The first-order valence-corrected chi connectivity index (χ1v) is 4.66. The molecular formula is C8H9N3O8. The molecule has 19 heavy (non-hydrogen) atoms. The monoisotopic (exact) mass is 275 g/mol. The van der Waals surface area contributed by atoms with Gasteiger partial charge in [-0.05, 0) is 0 Å². The van der Waals surface area contributed by atoms with Crippen LogP contribution in [0.3, 0.4) is 0 Å². The molecule has 0 aromatic heterocycles. The Hall–Kier alpha value is -2.53. The third-order valence-corrected chi connectivity index (χ3v) is 2.43. The molecule has 0 amide bonds. The largest absolute Gasteiger partial charge is 0.417 e. The van der Waals surface area contributed by atoms with Crippen LogP contribution in [0, 0.1) is 25.4 Å². The van der Waals surface area contributed by atoms with Gasteiger partial charge in [-0.25, -0.2) is 0 Å². The molecule has 0 fully saturated rings. The molecule has 1 aliphatic rings. The van der Waals surface area contributed by atoms with Crippen LogP contribution in [-0.4, -0.2) is 45.7 Å². The molecule has 0 spiro atoms. The Morgan fingerprint density at radius 3 is 1.63 bits per heavy atom. The van der Waals surface area contributed by atoms with E-state index >= 15 is 0 Å². The lowest BCUT2D eigenvalue weighted by Gasteiger charge is -2.25. The van der Waals surface area contributed by atoms with E-state index in [1.165, 1.54) is 0 Å². The van der Waals surface area contributed by atoms with Crippen molar-refractivity contribution in [1.82, 2.24) is 0 Å². The van der Waals surface area contributed by atoms with Crippen LogP contribution in [0.5, 0.6) is 0 Å². The van der Waals surface area contributed by atoms with E-state index in [4.69, 9.17) is 14.7 Å². The average Bonchev–Trinajstić information content (AvgIpc) is 2.36. The van der Waals surface area contributed by atoms with Gasteiger partial charge in [-0.2, -0.15) is 0 Å². The van der Waals surface area contributed by atoms with Crippen molar-refractivity contribution in [2.45, 2.75) is 5.79 Å². The first-order valence-electron chi connectivity index (χ1n) is 4.66. The predicted molar refractivity (Wildman–Crippen MR) is 57.3 cm³/mol. The molecule has 0 aromatic carbocycles. The molecule has 0 saturated heterocycles. The Morgan fingerprint density at radius 2 is 1.42 bits per heavy atom. The Morgan fingerprint density at radius 1 is 1.05 bits per heavy atom. The summed E-state index contributed by atoms with van der Waals surface area (Å²) in [7, 11) is 1.94. The summed E-state index contributed by atoms with van der Waals surface area (Å²) in [6.07, 6.45) is 1.24. The number of rotatable bonds is 4. The molecule has 0 saturated carbocycles. The number of allylic oxidation sites excluding steroid dienone is 2. The van der Waals surface area contributed by atoms with E-state index in [9.17, 15) is 25.4 Å². The maximum Gasteiger partial charge on any atom is 0.356 e. The predicted octanol–water partition coefficient (Wildman–Crippen LogP) is -0.349. The van der Waals surface area contributed by atoms with E-state index in [1.807, 2.05) is 0 Å². The minimum absolute atomic E-state index is 0.618. The lowest BCUT2D eigenvalue weighted by molar-refractivity contribution is -0.725. The van der Waals surface area contributed by atoms with Gasteiger partial charge in [0.1, 0.15) is 0 Å². The van der Waals surface area contributed by atoms with Crippen LogP contribution in [-0.2, 0) is 9.47 Å². The lowest BCUT2D eigenvalue weighted by atomic mass is 10.0. The zero-order valence-corrected chi connectivity index (χ0v) is 9.80. The van der Waals surface area contributed by atoms with Crippen LogP contribution in [0.25, 0.3) is 0 Å². The SMILES string of the molecule is COC1(OC)C([N+](=O)[O-])=CC(=[N+]([O-])O)C=C1[N+](=O)[O-]. The first kappa shape index (κ1) is 14.5. The number of methoxy groups -OCH3 is 2. The molecule has 1 N–H and O–H groups in total. The van der Waals surface area contributed by atoms with Crippen LogP contribution in [0.15, 0.2) is 23.5 Å². The van der Waals surface area contributed by atoms with Crippen LogP contribution in [0.2, 0.25) is 0 Å². The van der Waals surface area contributed by atoms with Gasteiger partial charge in [-0.15, -0.1) is 0 Å². The van der Waals surface area contributed by atoms with Crippen molar-refractivity contribution in [2.75, 3.05) is 14.2 Å². The minimum atomic E-state index is -2.37. The summed E-state index contributed by atoms with van der Waals surface area (Å²) in [5.74, 6) is -2.37. The van der Waals surface area contributed by atoms with Gasteiger partial charge in [-0.3, -0.25) is 25.4 Å². The second kappa shape index (κ2) is 4.99. The molecule has 1 aliphatic carbocycles. The van der Waals surface area contributed by atoms with Gasteiger partial charge < -0.3 is 14.7 Å². The summed E-state index contributed by atoms with van der Waals surface area (Å²) in [5.41, 5.74) is -2.50. The second-order valence-electron chi connectivity index (χ2n) is 3.30. The smallest absolute Gasteiger partial charge is 0.356 e. The third kappa shape index (κ3) is 2.23. The van der Waals surface area contributed by atoms with Crippen molar-refractivity contribution in [1.29, 1.82) is 0 Å². The highest BCUT2D eigenvalue weighted by atomic mass is 16.8. The Bertz CT molecular complexity index is 476. The van der Waals surface area contributed by atoms with Crippen molar-refractivity contribution in [3.8, 4) is 0 Å². The highest BCUT2D eigenvalue weighted by Crippen LogP contribution is 2.34. The summed E-state index contributed by atoms with van der Waals surface area (Å²) < 4.78 is 9.49. The van der Waals surface area contributed by atoms with Crippen LogP contribution in [0.4, 0.5) is 0 Å². The number of ether oxygens (including phenoxy) is 2. The number of nitro groups is 2. The lowest BCUT2D eigenvalue weighted by Crippen LogP contribution is -2.46. The fourth-order valence-corrected chi connectivity index (χ4v) is 1.60. The van der Waals surface area contributed by atoms with E-state index < -0.39 is 37.6 Å². The van der Waals surface area contributed by atoms with Gasteiger partial charge in [0, 0.05) is 19.1 Å². The van der Waals surface area contributed by atoms with Crippen molar-refractivity contribution >= 4 is 5.71 Å². The molecular weight excluding hydrogens is 266 g/mol. The summed E-state index contributed by atoms with van der Waals surface area (Å²) in [6.45, 7) is 0. The summed E-state index contributed by atoms with van der Waals surface area (Å²) in [4.78, 5) is 19.1. The molecule has 1 rings (SSSR count). The normalized spacial score (nSPS) is 17.5. The van der Waals surface area contributed by atoms with Crippen LogP contribution < -0.4 is 0 Å². The maximum atomic E-state index is 10.9. The fraction of sp³-hybridized carbons (Fsp3) is 0.375. The first-order chi connectivity index (χ1) is 8.80. The Balaban J connectivity index is 3.63. The van der Waals surface area contributed by atoms with Crippen LogP contribution in [0.1, 0.15) is 0 Å². The minimum Gasteiger partial charge on any atom is -0.417 e. The molecule has 0 unspecified atom stereocenters. The topological polar surface area (TPSA) is 151 Å². The highest BCUT2D eigenvalue weighted by molar-refractivity contribution is 6.02. The Kier molecular flexibility index (Phi) is 3.82. The van der Waals surface area contributed by atoms with E-state index in [1.54, 1.807) is 0 Å². The van der Waals surface area contributed by atoms with Gasteiger partial charge in [0.05, 0.1) is 22.0 Å². The molecule has 104 valence electrons. The van der Waals surface area contributed by atoms with Crippen molar-refractivity contribution in [3.63, 3.8) is 0 Å². The Labute approximate surface area is 105 Å². The molecule has 11 nitrogen and oxygen atoms in total. The van der Waals surface area contributed by atoms with E-state index in [0.717, 1.165) is 14.2 Å².